The fraction of sp³-hybridized carbons (Fsp3) is 0.348. The Balaban J connectivity index is 1.87. The number of halogens is 3. The molecule has 3 aromatic rings. The molecule has 2 aromatic carbocycles. The van der Waals surface area contributed by atoms with Crippen LogP contribution in [0.4, 0.5) is 13.2 Å². The average molecular weight is 420 g/mol. The van der Waals surface area contributed by atoms with Crippen molar-refractivity contribution >= 4 is 11.0 Å². The lowest BCUT2D eigenvalue weighted by Gasteiger charge is -2.10. The van der Waals surface area contributed by atoms with Crippen LogP contribution in [-0.2, 0) is 6.18 Å². The minimum absolute atomic E-state index is 0.0616. The van der Waals surface area contributed by atoms with Crippen LogP contribution in [0.15, 0.2) is 51.9 Å². The molecule has 0 bridgehead atoms. The van der Waals surface area contributed by atoms with E-state index in [-0.39, 0.29) is 27.8 Å². The fourth-order valence-electron chi connectivity index (χ4n) is 3.25. The van der Waals surface area contributed by atoms with Crippen molar-refractivity contribution in [2.45, 2.75) is 45.2 Å². The van der Waals surface area contributed by atoms with Crippen LogP contribution in [0.2, 0.25) is 0 Å². The lowest BCUT2D eigenvalue weighted by atomic mass is 10.0. The quantitative estimate of drug-likeness (QED) is 0.421. The van der Waals surface area contributed by atoms with Gasteiger partial charge in [0.15, 0.2) is 0 Å². The van der Waals surface area contributed by atoms with Crippen molar-refractivity contribution in [2.75, 3.05) is 6.61 Å². The van der Waals surface area contributed by atoms with Crippen molar-refractivity contribution in [3.05, 3.63) is 58.4 Å². The topological polar surface area (TPSA) is 59.7 Å². The summed E-state index contributed by atoms with van der Waals surface area (Å²) in [5.74, 6) is 0.0292. The van der Waals surface area contributed by atoms with Crippen molar-refractivity contribution in [3.8, 4) is 22.6 Å². The van der Waals surface area contributed by atoms with Gasteiger partial charge in [0.05, 0.1) is 17.7 Å². The molecule has 0 saturated carbocycles. The number of fused-ring (bicyclic) bond motifs is 1. The number of phenolic OH excluding ortho intramolecular Hbond substituents is 1. The van der Waals surface area contributed by atoms with E-state index in [9.17, 15) is 23.1 Å². The molecular formula is C23H23F3O4. The third kappa shape index (κ3) is 4.96. The predicted octanol–water partition coefficient (Wildman–Crippen LogP) is 6.53. The van der Waals surface area contributed by atoms with Gasteiger partial charge in [-0.15, -0.1) is 0 Å². The van der Waals surface area contributed by atoms with Crippen LogP contribution < -0.4 is 10.2 Å². The maximum Gasteiger partial charge on any atom is 0.416 e. The Labute approximate surface area is 171 Å². The zero-order valence-electron chi connectivity index (χ0n) is 16.6. The van der Waals surface area contributed by atoms with E-state index in [1.165, 1.54) is 30.7 Å². The molecule has 3 rings (SSSR count). The number of ether oxygens (including phenoxy) is 1. The summed E-state index contributed by atoms with van der Waals surface area (Å²) in [6.45, 7) is 2.61. The van der Waals surface area contributed by atoms with E-state index >= 15 is 0 Å². The van der Waals surface area contributed by atoms with Crippen LogP contribution in [0.25, 0.3) is 22.1 Å². The molecule has 0 fully saturated rings. The first-order chi connectivity index (χ1) is 14.3. The van der Waals surface area contributed by atoms with Gasteiger partial charge < -0.3 is 14.3 Å². The van der Waals surface area contributed by atoms with Gasteiger partial charge in [-0.1, -0.05) is 44.7 Å². The highest BCUT2D eigenvalue weighted by Gasteiger charge is 2.30. The number of benzene rings is 2. The molecular weight excluding hydrogens is 397 g/mol. The largest absolute Gasteiger partial charge is 0.507 e. The Kier molecular flexibility index (Phi) is 6.70. The summed E-state index contributed by atoms with van der Waals surface area (Å²) in [5.41, 5.74) is -1.37. The summed E-state index contributed by atoms with van der Waals surface area (Å²) >= 11 is 0. The Morgan fingerprint density at radius 2 is 1.83 bits per heavy atom. The molecule has 0 unspecified atom stereocenters. The van der Waals surface area contributed by atoms with E-state index in [1.54, 1.807) is 0 Å². The second-order valence-electron chi connectivity index (χ2n) is 7.14. The van der Waals surface area contributed by atoms with Crippen molar-refractivity contribution in [2.24, 2.45) is 0 Å². The highest BCUT2D eigenvalue weighted by atomic mass is 19.4. The summed E-state index contributed by atoms with van der Waals surface area (Å²) in [6.07, 6.45) is 1.96. The van der Waals surface area contributed by atoms with Gasteiger partial charge in [0.25, 0.3) is 0 Å². The van der Waals surface area contributed by atoms with Crippen molar-refractivity contribution < 1.29 is 27.4 Å². The number of unbranched alkanes of at least 4 members (excludes halogenated alkanes) is 4. The van der Waals surface area contributed by atoms with E-state index in [0.717, 1.165) is 44.1 Å². The molecule has 0 aliphatic rings. The molecule has 1 heterocycles. The molecule has 0 aliphatic heterocycles. The molecule has 0 amide bonds. The molecule has 1 aromatic heterocycles. The van der Waals surface area contributed by atoms with Gasteiger partial charge in [-0.05, 0) is 24.1 Å². The van der Waals surface area contributed by atoms with E-state index in [2.05, 4.69) is 6.92 Å². The smallest absolute Gasteiger partial charge is 0.416 e. The number of hydrogen-bond acceptors (Lipinski definition) is 4. The van der Waals surface area contributed by atoms with Crippen LogP contribution in [0.5, 0.6) is 11.5 Å². The molecule has 4 nitrogen and oxygen atoms in total. The maximum absolute atomic E-state index is 13.0. The third-order valence-corrected chi connectivity index (χ3v) is 4.85. The Bertz CT molecular complexity index is 1070. The molecule has 30 heavy (non-hydrogen) atoms. The molecule has 7 heteroatoms. The number of phenols is 1. The monoisotopic (exact) mass is 420 g/mol. The van der Waals surface area contributed by atoms with Gasteiger partial charge in [0, 0.05) is 12.1 Å². The summed E-state index contributed by atoms with van der Waals surface area (Å²) in [6, 6.07) is 7.24. The summed E-state index contributed by atoms with van der Waals surface area (Å²) in [7, 11) is 0. The first kappa shape index (κ1) is 21.7. The molecule has 0 aliphatic carbocycles. The molecule has 160 valence electrons. The number of alkyl halides is 3. The highest BCUT2D eigenvalue weighted by Crippen LogP contribution is 2.33. The molecule has 1 N–H and O–H groups in total. The van der Waals surface area contributed by atoms with Gasteiger partial charge in [-0.3, -0.25) is 4.79 Å². The zero-order valence-corrected chi connectivity index (χ0v) is 16.6. The predicted molar refractivity (Wildman–Crippen MR) is 109 cm³/mol. The molecule has 0 atom stereocenters. The third-order valence-electron chi connectivity index (χ3n) is 4.85. The maximum atomic E-state index is 13.0. The number of rotatable bonds is 8. The first-order valence-electron chi connectivity index (χ1n) is 9.90. The summed E-state index contributed by atoms with van der Waals surface area (Å²) in [5, 5.41) is 10.2. The second-order valence-corrected chi connectivity index (χ2v) is 7.14. The van der Waals surface area contributed by atoms with Crippen LogP contribution in [0, 0.1) is 0 Å². The van der Waals surface area contributed by atoms with Crippen LogP contribution in [0.1, 0.15) is 44.6 Å². The standard InChI is InChI=1S/C23H23F3O4/c1-2-3-4-5-6-10-29-17-12-19(27)21-20(13-17)30-14-18(22(21)28)15-8-7-9-16(11-15)23(24,25)26/h7-9,11-14,27H,2-6,10H2,1H3. The van der Waals surface area contributed by atoms with Gasteiger partial charge in [-0.25, -0.2) is 0 Å². The minimum atomic E-state index is -4.53. The first-order valence-corrected chi connectivity index (χ1v) is 9.90. The average Bonchev–Trinajstić information content (AvgIpc) is 2.70. The number of aromatic hydroxyl groups is 1. The van der Waals surface area contributed by atoms with Gasteiger partial charge >= 0.3 is 6.18 Å². The molecule has 0 saturated heterocycles. The number of hydrogen-bond donors (Lipinski definition) is 1. The Hall–Kier alpha value is -2.96. The lowest BCUT2D eigenvalue weighted by Crippen LogP contribution is -2.08. The molecule has 0 spiro atoms. The van der Waals surface area contributed by atoms with E-state index in [4.69, 9.17) is 9.15 Å². The van der Waals surface area contributed by atoms with Crippen molar-refractivity contribution in [1.29, 1.82) is 0 Å². The summed E-state index contributed by atoms with van der Waals surface area (Å²) in [4.78, 5) is 12.8. The van der Waals surface area contributed by atoms with E-state index in [0.29, 0.717) is 12.4 Å². The molecule has 0 radical (unpaired) electrons. The van der Waals surface area contributed by atoms with Crippen LogP contribution >= 0.6 is 0 Å². The minimum Gasteiger partial charge on any atom is -0.507 e. The normalized spacial score (nSPS) is 11.7. The second kappa shape index (κ2) is 9.24. The van der Waals surface area contributed by atoms with Crippen LogP contribution in [0.3, 0.4) is 0 Å². The lowest BCUT2D eigenvalue weighted by molar-refractivity contribution is -0.137. The summed E-state index contributed by atoms with van der Waals surface area (Å²) < 4.78 is 50.0. The van der Waals surface area contributed by atoms with Gasteiger partial charge in [-0.2, -0.15) is 13.2 Å². The van der Waals surface area contributed by atoms with Gasteiger partial charge in [0.2, 0.25) is 5.43 Å². The fourth-order valence-corrected chi connectivity index (χ4v) is 3.25. The van der Waals surface area contributed by atoms with Crippen molar-refractivity contribution in [3.63, 3.8) is 0 Å². The van der Waals surface area contributed by atoms with Crippen molar-refractivity contribution in [1.82, 2.24) is 0 Å². The van der Waals surface area contributed by atoms with E-state index < -0.39 is 17.2 Å². The van der Waals surface area contributed by atoms with Gasteiger partial charge in [0.1, 0.15) is 28.7 Å². The zero-order chi connectivity index (χ0) is 21.7. The Morgan fingerprint density at radius 3 is 2.57 bits per heavy atom. The van der Waals surface area contributed by atoms with E-state index in [1.807, 2.05) is 0 Å². The SMILES string of the molecule is CCCCCCCOc1cc(O)c2c(=O)c(-c3cccc(C(F)(F)F)c3)coc2c1. The highest BCUT2D eigenvalue weighted by molar-refractivity contribution is 5.88. The Morgan fingerprint density at radius 1 is 1.07 bits per heavy atom. The van der Waals surface area contributed by atoms with Crippen LogP contribution in [-0.4, -0.2) is 11.7 Å².